The zero-order valence-electron chi connectivity index (χ0n) is 12.5. The monoisotopic (exact) mass is 308 g/mol. The van der Waals surface area contributed by atoms with Crippen molar-refractivity contribution in [2.24, 2.45) is 23.2 Å². The molecule has 5 fully saturated rings. The Morgan fingerprint density at radius 2 is 1.81 bits per heavy atom. The number of nitrogens with one attached hydrogen (secondary N) is 1. The lowest BCUT2D eigenvalue weighted by Gasteiger charge is -2.56. The zero-order valence-corrected chi connectivity index (χ0v) is 13.3. The third-order valence-electron chi connectivity index (χ3n) is 6.01. The largest absolute Gasteiger partial charge is 0.354 e. The first-order valence-corrected chi connectivity index (χ1v) is 9.29. The van der Waals surface area contributed by atoms with Gasteiger partial charge in [-0.25, -0.2) is 0 Å². The van der Waals surface area contributed by atoms with Gasteiger partial charge in [0.05, 0.1) is 0 Å². The molecule has 0 aromatic rings. The van der Waals surface area contributed by atoms with Gasteiger partial charge < -0.3 is 10.2 Å². The van der Waals surface area contributed by atoms with Gasteiger partial charge in [-0.15, -0.1) is 0 Å². The van der Waals surface area contributed by atoms with Crippen LogP contribution in [0.2, 0.25) is 0 Å². The first kappa shape index (κ1) is 13.9. The van der Waals surface area contributed by atoms with E-state index in [2.05, 4.69) is 5.32 Å². The van der Waals surface area contributed by atoms with E-state index in [1.165, 1.54) is 50.3 Å². The molecule has 5 rings (SSSR count). The van der Waals surface area contributed by atoms with Crippen LogP contribution in [0.15, 0.2) is 0 Å². The van der Waals surface area contributed by atoms with Crippen LogP contribution in [0.3, 0.4) is 0 Å². The summed E-state index contributed by atoms with van der Waals surface area (Å²) in [7, 11) is 0. The Hall–Kier alpha value is -0.710. The highest BCUT2D eigenvalue weighted by Crippen LogP contribution is 2.59. The number of carbonyl (C=O) groups is 2. The van der Waals surface area contributed by atoms with Gasteiger partial charge in [0.2, 0.25) is 5.91 Å². The molecule has 21 heavy (non-hydrogen) atoms. The summed E-state index contributed by atoms with van der Waals surface area (Å²) >= 11 is 1.32. The maximum Gasteiger partial charge on any atom is 0.282 e. The van der Waals surface area contributed by atoms with Gasteiger partial charge in [-0.2, -0.15) is 0 Å². The number of thioether (sulfide) groups is 1. The smallest absolute Gasteiger partial charge is 0.282 e. The third kappa shape index (κ3) is 2.69. The average Bonchev–Trinajstić information content (AvgIpc) is 2.81. The minimum Gasteiger partial charge on any atom is -0.354 e. The van der Waals surface area contributed by atoms with E-state index >= 15 is 0 Å². The van der Waals surface area contributed by atoms with E-state index in [0.29, 0.717) is 12.0 Å². The summed E-state index contributed by atoms with van der Waals surface area (Å²) in [5, 5.41) is 3.20. The highest BCUT2D eigenvalue weighted by atomic mass is 32.2. The van der Waals surface area contributed by atoms with Gasteiger partial charge in [0, 0.05) is 18.8 Å². The molecule has 1 heterocycles. The molecular formula is C16H24N2O2S. The molecule has 5 aliphatic rings. The van der Waals surface area contributed by atoms with E-state index in [-0.39, 0.29) is 17.7 Å². The Morgan fingerprint density at radius 3 is 2.33 bits per heavy atom. The zero-order chi connectivity index (χ0) is 14.4. The Balaban J connectivity index is 1.32. The molecule has 0 spiro atoms. The van der Waals surface area contributed by atoms with Crippen LogP contribution < -0.4 is 5.32 Å². The second kappa shape index (κ2) is 5.18. The second-order valence-electron chi connectivity index (χ2n) is 7.73. The highest BCUT2D eigenvalue weighted by molar-refractivity contribution is 8.13. The molecule has 1 aliphatic heterocycles. The van der Waals surface area contributed by atoms with Gasteiger partial charge in [-0.3, -0.25) is 9.59 Å². The van der Waals surface area contributed by atoms with E-state index in [1.807, 2.05) is 0 Å². The van der Waals surface area contributed by atoms with Gasteiger partial charge in [0.15, 0.2) is 0 Å². The standard InChI is InChI=1S/C16H24N2O2S/c19-14(9-18-1-2-21-15(18)20)17-10-16-6-11-3-12(7-16)5-13(4-11)8-16/h11-13H,1-10H2,(H,17,19). The van der Waals surface area contributed by atoms with Crippen molar-refractivity contribution in [3.05, 3.63) is 0 Å². The summed E-state index contributed by atoms with van der Waals surface area (Å²) < 4.78 is 0. The lowest BCUT2D eigenvalue weighted by Crippen LogP contribution is -2.52. The molecule has 0 radical (unpaired) electrons. The fraction of sp³-hybridized carbons (Fsp3) is 0.875. The quantitative estimate of drug-likeness (QED) is 0.868. The van der Waals surface area contributed by atoms with Crippen LogP contribution >= 0.6 is 11.8 Å². The maximum absolute atomic E-state index is 12.1. The van der Waals surface area contributed by atoms with Gasteiger partial charge >= 0.3 is 0 Å². The lowest BCUT2D eigenvalue weighted by molar-refractivity contribution is -0.123. The molecule has 0 unspecified atom stereocenters. The molecular weight excluding hydrogens is 284 g/mol. The molecule has 5 heteroatoms. The molecule has 4 saturated carbocycles. The summed E-state index contributed by atoms with van der Waals surface area (Å²) in [6.45, 7) is 1.80. The SMILES string of the molecule is O=C(CN1CCSC1=O)NCC12CC3CC(CC(C3)C1)C2. The van der Waals surface area contributed by atoms with Gasteiger partial charge in [0.1, 0.15) is 6.54 Å². The van der Waals surface area contributed by atoms with Gasteiger partial charge in [-0.1, -0.05) is 11.8 Å². The molecule has 4 nitrogen and oxygen atoms in total. The van der Waals surface area contributed by atoms with Gasteiger partial charge in [-0.05, 0) is 61.7 Å². The number of carbonyl (C=O) groups excluding carboxylic acids is 2. The van der Waals surface area contributed by atoms with Crippen molar-refractivity contribution in [2.75, 3.05) is 25.4 Å². The predicted octanol–water partition coefficient (Wildman–Crippen LogP) is 2.49. The Kier molecular flexibility index (Phi) is 3.43. The summed E-state index contributed by atoms with van der Waals surface area (Å²) in [4.78, 5) is 25.3. The number of rotatable bonds is 4. The fourth-order valence-corrected chi connectivity index (χ4v) is 6.42. The molecule has 116 valence electrons. The van der Waals surface area contributed by atoms with E-state index in [0.717, 1.165) is 30.1 Å². The van der Waals surface area contributed by atoms with Crippen molar-refractivity contribution < 1.29 is 9.59 Å². The average molecular weight is 308 g/mol. The molecule has 0 aromatic carbocycles. The van der Waals surface area contributed by atoms with Crippen LogP contribution in [-0.4, -0.2) is 41.4 Å². The van der Waals surface area contributed by atoms with Crippen LogP contribution in [-0.2, 0) is 4.79 Å². The lowest BCUT2D eigenvalue weighted by atomic mass is 9.49. The van der Waals surface area contributed by atoms with E-state index in [4.69, 9.17) is 0 Å². The van der Waals surface area contributed by atoms with Crippen LogP contribution in [0, 0.1) is 23.2 Å². The molecule has 1 saturated heterocycles. The minimum absolute atomic E-state index is 0.0293. The fourth-order valence-electron chi connectivity index (χ4n) is 5.59. The van der Waals surface area contributed by atoms with E-state index < -0.39 is 0 Å². The summed E-state index contributed by atoms with van der Waals surface area (Å²) in [6, 6.07) is 0. The first-order chi connectivity index (χ1) is 10.1. The molecule has 2 amide bonds. The molecule has 4 aliphatic carbocycles. The number of hydrogen-bond donors (Lipinski definition) is 1. The maximum atomic E-state index is 12.1. The van der Waals surface area contributed by atoms with Gasteiger partial charge in [0.25, 0.3) is 5.24 Å². The summed E-state index contributed by atoms with van der Waals surface area (Å²) in [6.07, 6.45) is 8.26. The second-order valence-corrected chi connectivity index (χ2v) is 8.78. The van der Waals surface area contributed by atoms with Crippen molar-refractivity contribution in [3.63, 3.8) is 0 Å². The predicted molar refractivity (Wildman–Crippen MR) is 83.0 cm³/mol. The van der Waals surface area contributed by atoms with Crippen LogP contribution in [0.4, 0.5) is 4.79 Å². The Labute approximate surface area is 130 Å². The minimum atomic E-state index is 0.0293. The summed E-state index contributed by atoms with van der Waals surface area (Å²) in [5.41, 5.74) is 0.383. The van der Waals surface area contributed by atoms with Crippen molar-refractivity contribution in [1.29, 1.82) is 0 Å². The highest BCUT2D eigenvalue weighted by Gasteiger charge is 2.50. The van der Waals surface area contributed by atoms with E-state index in [9.17, 15) is 9.59 Å². The van der Waals surface area contributed by atoms with Crippen LogP contribution in [0.25, 0.3) is 0 Å². The number of amides is 2. The van der Waals surface area contributed by atoms with Crippen molar-refractivity contribution >= 4 is 22.9 Å². The third-order valence-corrected chi connectivity index (χ3v) is 6.90. The summed E-state index contributed by atoms with van der Waals surface area (Å²) in [5.74, 6) is 3.61. The Morgan fingerprint density at radius 1 is 1.19 bits per heavy atom. The van der Waals surface area contributed by atoms with Crippen LogP contribution in [0.5, 0.6) is 0 Å². The number of hydrogen-bond acceptors (Lipinski definition) is 3. The Bertz CT molecular complexity index is 430. The molecule has 0 aromatic heterocycles. The first-order valence-electron chi connectivity index (χ1n) is 8.30. The van der Waals surface area contributed by atoms with E-state index in [1.54, 1.807) is 4.90 Å². The van der Waals surface area contributed by atoms with Crippen molar-refractivity contribution in [1.82, 2.24) is 10.2 Å². The molecule has 0 atom stereocenters. The normalized spacial score (nSPS) is 40.9. The molecule has 4 bridgehead atoms. The van der Waals surface area contributed by atoms with Crippen molar-refractivity contribution in [3.8, 4) is 0 Å². The number of nitrogens with zero attached hydrogens (tertiary/aromatic N) is 1. The van der Waals surface area contributed by atoms with Crippen LogP contribution in [0.1, 0.15) is 38.5 Å². The van der Waals surface area contributed by atoms with Crippen molar-refractivity contribution in [2.45, 2.75) is 38.5 Å². The molecule has 1 N–H and O–H groups in total. The topological polar surface area (TPSA) is 49.4 Å².